The van der Waals surface area contributed by atoms with E-state index in [1.54, 1.807) is 12.1 Å². The monoisotopic (exact) mass is 383 g/mol. The zero-order valence-corrected chi connectivity index (χ0v) is 15.6. The minimum Gasteiger partial charge on any atom is -0.508 e. The van der Waals surface area contributed by atoms with Crippen LogP contribution in [0.5, 0.6) is 5.75 Å². The Hall–Kier alpha value is -2.38. The van der Waals surface area contributed by atoms with E-state index >= 15 is 0 Å². The lowest BCUT2D eigenvalue weighted by Gasteiger charge is -2.31. The molecule has 0 saturated carbocycles. The van der Waals surface area contributed by atoms with Gasteiger partial charge in [-0.1, -0.05) is 12.1 Å². The summed E-state index contributed by atoms with van der Waals surface area (Å²) in [6, 6.07) is 7.84. The zero-order valence-electron chi connectivity index (χ0n) is 14.8. The predicted octanol–water partition coefficient (Wildman–Crippen LogP) is 2.17. The topological polar surface area (TPSA) is 87.1 Å². The first kappa shape index (κ1) is 16.8. The first-order chi connectivity index (χ1) is 13.1. The minimum atomic E-state index is -0.330. The van der Waals surface area contributed by atoms with E-state index in [-0.39, 0.29) is 17.3 Å². The number of phenolic OH excluding ortho intramolecular Hbond substituents is 1. The van der Waals surface area contributed by atoms with Crippen molar-refractivity contribution in [3.8, 4) is 5.75 Å². The Balaban J connectivity index is 1.38. The van der Waals surface area contributed by atoms with E-state index in [0.29, 0.717) is 34.3 Å². The lowest BCUT2D eigenvalue weighted by Crippen LogP contribution is -2.38. The molecule has 3 heterocycles. The van der Waals surface area contributed by atoms with Crippen molar-refractivity contribution in [2.45, 2.75) is 37.8 Å². The van der Waals surface area contributed by atoms with Gasteiger partial charge < -0.3 is 10.4 Å². The second kappa shape index (κ2) is 6.35. The molecule has 1 fully saturated rings. The average Bonchev–Trinajstić information content (AvgIpc) is 3.29. The molecule has 0 radical (unpaired) electrons. The molecule has 3 atom stereocenters. The number of H-pyrrole nitrogens is 1. The highest BCUT2D eigenvalue weighted by atomic mass is 32.1. The lowest BCUT2D eigenvalue weighted by atomic mass is 9.74. The SMILES string of the molecule is O=c1[nH]c2sccc2c(=O)n1CCC1NC[C@H]2c3cccc(O)c3CC[C@@H]12. The summed E-state index contributed by atoms with van der Waals surface area (Å²) >= 11 is 1.38. The van der Waals surface area contributed by atoms with E-state index < -0.39 is 0 Å². The van der Waals surface area contributed by atoms with Crippen LogP contribution in [0.25, 0.3) is 10.2 Å². The first-order valence-corrected chi connectivity index (χ1v) is 10.3. The number of nitrogens with one attached hydrogen (secondary N) is 2. The van der Waals surface area contributed by atoms with Gasteiger partial charge in [-0.05, 0) is 53.8 Å². The number of aromatic nitrogens is 2. The quantitative estimate of drug-likeness (QED) is 0.647. The number of fused-ring (bicyclic) bond motifs is 4. The van der Waals surface area contributed by atoms with Gasteiger partial charge >= 0.3 is 5.69 Å². The number of phenols is 1. The maximum Gasteiger partial charge on any atom is 0.329 e. The molecule has 0 bridgehead atoms. The van der Waals surface area contributed by atoms with Crippen molar-refractivity contribution in [3.63, 3.8) is 0 Å². The molecule has 1 unspecified atom stereocenters. The fraction of sp³-hybridized carbons (Fsp3) is 0.400. The molecule has 3 aromatic rings. The Kier molecular flexibility index (Phi) is 3.94. The Morgan fingerprint density at radius 3 is 3.04 bits per heavy atom. The van der Waals surface area contributed by atoms with Crippen molar-refractivity contribution >= 4 is 21.6 Å². The summed E-state index contributed by atoms with van der Waals surface area (Å²) in [5, 5.41) is 16.1. The van der Waals surface area contributed by atoms with Gasteiger partial charge in [-0.15, -0.1) is 11.3 Å². The van der Waals surface area contributed by atoms with Gasteiger partial charge in [0.15, 0.2) is 0 Å². The molecule has 7 heteroatoms. The molecule has 27 heavy (non-hydrogen) atoms. The van der Waals surface area contributed by atoms with Gasteiger partial charge in [0.05, 0.1) is 5.39 Å². The number of nitrogens with zero attached hydrogens (tertiary/aromatic N) is 1. The summed E-state index contributed by atoms with van der Waals surface area (Å²) in [6.45, 7) is 1.29. The summed E-state index contributed by atoms with van der Waals surface area (Å²) in [6.07, 6.45) is 2.64. The third-order valence-corrected chi connectivity index (χ3v) is 7.05. The Bertz CT molecular complexity index is 1130. The fourth-order valence-electron chi connectivity index (χ4n) is 4.89. The molecule has 0 amide bonds. The fourth-order valence-corrected chi connectivity index (χ4v) is 5.66. The Morgan fingerprint density at radius 2 is 2.15 bits per heavy atom. The van der Waals surface area contributed by atoms with Gasteiger partial charge in [0, 0.05) is 25.0 Å². The van der Waals surface area contributed by atoms with E-state index in [1.165, 1.54) is 21.5 Å². The molecule has 3 N–H and O–H groups in total. The summed E-state index contributed by atoms with van der Waals surface area (Å²) in [4.78, 5) is 28.4. The molecule has 1 aliphatic carbocycles. The number of hydrogen-bond donors (Lipinski definition) is 3. The van der Waals surface area contributed by atoms with Crippen LogP contribution >= 0.6 is 11.3 Å². The van der Waals surface area contributed by atoms with Crippen LogP contribution in [-0.2, 0) is 13.0 Å². The van der Waals surface area contributed by atoms with Crippen LogP contribution in [0.1, 0.15) is 29.9 Å². The lowest BCUT2D eigenvalue weighted by molar-refractivity contribution is 0.340. The van der Waals surface area contributed by atoms with E-state index in [0.717, 1.165) is 31.4 Å². The smallest absolute Gasteiger partial charge is 0.329 e. The number of rotatable bonds is 3. The molecular formula is C20H21N3O3S. The maximum absolute atomic E-state index is 12.6. The van der Waals surface area contributed by atoms with Crippen LogP contribution < -0.4 is 16.6 Å². The van der Waals surface area contributed by atoms with Crippen LogP contribution in [0.2, 0.25) is 0 Å². The number of thiophene rings is 1. The normalized spacial score (nSPS) is 24.1. The molecule has 140 valence electrons. The van der Waals surface area contributed by atoms with Crippen molar-refractivity contribution in [3.05, 3.63) is 61.6 Å². The third-order valence-electron chi connectivity index (χ3n) is 6.22. The Labute approximate surface area is 159 Å². The number of benzene rings is 1. The van der Waals surface area contributed by atoms with E-state index in [9.17, 15) is 14.7 Å². The van der Waals surface area contributed by atoms with Crippen LogP contribution in [0.15, 0.2) is 39.2 Å². The summed E-state index contributed by atoms with van der Waals surface area (Å²) < 4.78 is 1.33. The maximum atomic E-state index is 12.6. The van der Waals surface area contributed by atoms with Crippen molar-refractivity contribution in [2.75, 3.05) is 6.54 Å². The molecule has 1 aliphatic heterocycles. The van der Waals surface area contributed by atoms with Gasteiger partial charge in [-0.3, -0.25) is 14.3 Å². The molecule has 1 saturated heterocycles. The zero-order chi connectivity index (χ0) is 18.5. The minimum absolute atomic E-state index is 0.205. The van der Waals surface area contributed by atoms with Crippen molar-refractivity contribution in [1.29, 1.82) is 0 Å². The summed E-state index contributed by atoms with van der Waals surface area (Å²) in [5.74, 6) is 1.26. The highest BCUT2D eigenvalue weighted by molar-refractivity contribution is 7.16. The summed E-state index contributed by atoms with van der Waals surface area (Å²) in [5.41, 5.74) is 1.79. The average molecular weight is 383 g/mol. The van der Waals surface area contributed by atoms with E-state index in [1.807, 2.05) is 11.4 Å². The molecule has 2 aliphatic rings. The molecule has 6 nitrogen and oxygen atoms in total. The standard InChI is InChI=1S/C20H21N3O3S/c24-17-3-1-2-11-13(17)5-4-12-15(11)10-21-16(12)6-8-23-19(25)14-7-9-27-18(14)22-20(23)26/h1-3,7,9,12,15-16,21,24H,4-6,8,10H2,(H,22,26)/t12-,15+,16?/m1/s1. The van der Waals surface area contributed by atoms with Gasteiger partial charge in [-0.2, -0.15) is 0 Å². The summed E-state index contributed by atoms with van der Waals surface area (Å²) in [7, 11) is 0. The van der Waals surface area contributed by atoms with Crippen LogP contribution in [0.3, 0.4) is 0 Å². The van der Waals surface area contributed by atoms with Crippen LogP contribution in [0, 0.1) is 5.92 Å². The van der Waals surface area contributed by atoms with E-state index in [2.05, 4.69) is 16.4 Å². The van der Waals surface area contributed by atoms with Gasteiger partial charge in [0.25, 0.3) is 5.56 Å². The van der Waals surface area contributed by atoms with E-state index in [4.69, 9.17) is 0 Å². The van der Waals surface area contributed by atoms with Gasteiger partial charge in [0.2, 0.25) is 0 Å². The number of hydrogen-bond acceptors (Lipinski definition) is 5. The van der Waals surface area contributed by atoms with Crippen LogP contribution in [-0.4, -0.2) is 27.2 Å². The molecule has 0 spiro atoms. The Morgan fingerprint density at radius 1 is 1.26 bits per heavy atom. The second-order valence-electron chi connectivity index (χ2n) is 7.51. The van der Waals surface area contributed by atoms with Crippen LogP contribution in [0.4, 0.5) is 0 Å². The van der Waals surface area contributed by atoms with Crippen molar-refractivity contribution < 1.29 is 5.11 Å². The largest absolute Gasteiger partial charge is 0.508 e. The van der Waals surface area contributed by atoms with Crippen molar-refractivity contribution in [2.24, 2.45) is 5.92 Å². The molecule has 5 rings (SSSR count). The first-order valence-electron chi connectivity index (χ1n) is 9.38. The molecule has 1 aromatic carbocycles. The third kappa shape index (κ3) is 2.64. The van der Waals surface area contributed by atoms with Gasteiger partial charge in [0.1, 0.15) is 10.6 Å². The molecular weight excluding hydrogens is 362 g/mol. The number of aromatic hydroxyl groups is 1. The second-order valence-corrected chi connectivity index (χ2v) is 8.42. The predicted molar refractivity (Wildman–Crippen MR) is 106 cm³/mol. The van der Waals surface area contributed by atoms with Crippen molar-refractivity contribution in [1.82, 2.24) is 14.9 Å². The van der Waals surface area contributed by atoms with Gasteiger partial charge in [-0.25, -0.2) is 4.79 Å². The number of aromatic amines is 1. The highest BCUT2D eigenvalue weighted by Gasteiger charge is 2.40. The highest BCUT2D eigenvalue weighted by Crippen LogP contribution is 2.44. The molecule has 2 aromatic heterocycles.